The molecule has 1 aromatic carbocycles. The first kappa shape index (κ1) is 13.9. The monoisotopic (exact) mass is 283 g/mol. The third-order valence-corrected chi connectivity index (χ3v) is 4.26. The summed E-state index contributed by atoms with van der Waals surface area (Å²) in [4.78, 5) is 15.3. The molecule has 1 N–H and O–H groups in total. The smallest absolute Gasteiger partial charge is 0.291 e. The SMILES string of the molecule is Cc1ccc(Oc2cc3c([nH]c2=O)C(C)(C)CCC3)cc1. The van der Waals surface area contributed by atoms with Crippen molar-refractivity contribution in [1.29, 1.82) is 0 Å². The summed E-state index contributed by atoms with van der Waals surface area (Å²) in [6, 6.07) is 9.64. The van der Waals surface area contributed by atoms with Gasteiger partial charge in [0, 0.05) is 11.1 Å². The van der Waals surface area contributed by atoms with Crippen LogP contribution in [0.4, 0.5) is 0 Å². The fourth-order valence-corrected chi connectivity index (χ4v) is 3.01. The molecule has 1 aromatic heterocycles. The van der Waals surface area contributed by atoms with E-state index in [-0.39, 0.29) is 11.0 Å². The molecule has 0 fully saturated rings. The molecule has 0 unspecified atom stereocenters. The van der Waals surface area contributed by atoms with Crippen LogP contribution in [0.2, 0.25) is 0 Å². The second-order valence-electron chi connectivity index (χ2n) is 6.52. The molecule has 0 saturated carbocycles. The summed E-state index contributed by atoms with van der Waals surface area (Å²) >= 11 is 0. The summed E-state index contributed by atoms with van der Waals surface area (Å²) in [7, 11) is 0. The minimum absolute atomic E-state index is 0.0368. The zero-order valence-corrected chi connectivity index (χ0v) is 12.8. The number of aromatic nitrogens is 1. The largest absolute Gasteiger partial charge is 0.452 e. The van der Waals surface area contributed by atoms with E-state index in [1.54, 1.807) is 0 Å². The number of rotatable bonds is 2. The lowest BCUT2D eigenvalue weighted by molar-refractivity contribution is 0.410. The Morgan fingerprint density at radius 1 is 1.19 bits per heavy atom. The van der Waals surface area contributed by atoms with E-state index in [2.05, 4.69) is 18.8 Å². The molecular weight excluding hydrogens is 262 g/mol. The average molecular weight is 283 g/mol. The van der Waals surface area contributed by atoms with Crippen LogP contribution in [-0.2, 0) is 11.8 Å². The molecule has 0 spiro atoms. The fraction of sp³-hybridized carbons (Fsp3) is 0.389. The van der Waals surface area contributed by atoms with Crippen LogP contribution in [0.3, 0.4) is 0 Å². The number of pyridine rings is 1. The summed E-state index contributed by atoms with van der Waals surface area (Å²) in [5.41, 5.74) is 3.32. The minimum atomic E-state index is -0.149. The minimum Gasteiger partial charge on any atom is -0.452 e. The first-order chi connectivity index (χ1) is 9.95. The molecular formula is C18H21NO2. The molecule has 0 radical (unpaired) electrons. The Morgan fingerprint density at radius 2 is 1.90 bits per heavy atom. The summed E-state index contributed by atoms with van der Waals surface area (Å²) in [6.45, 7) is 6.39. The molecule has 21 heavy (non-hydrogen) atoms. The Labute approximate surface area is 125 Å². The average Bonchev–Trinajstić information content (AvgIpc) is 2.43. The highest BCUT2D eigenvalue weighted by Crippen LogP contribution is 2.35. The van der Waals surface area contributed by atoms with Gasteiger partial charge in [-0.05, 0) is 49.9 Å². The van der Waals surface area contributed by atoms with Crippen molar-refractivity contribution in [2.75, 3.05) is 0 Å². The van der Waals surface area contributed by atoms with Crippen molar-refractivity contribution in [2.24, 2.45) is 0 Å². The Morgan fingerprint density at radius 3 is 2.62 bits per heavy atom. The van der Waals surface area contributed by atoms with Crippen molar-refractivity contribution >= 4 is 0 Å². The fourth-order valence-electron chi connectivity index (χ4n) is 3.01. The first-order valence-corrected chi connectivity index (χ1v) is 7.47. The van der Waals surface area contributed by atoms with E-state index in [0.717, 1.165) is 25.0 Å². The normalized spacial score (nSPS) is 16.3. The standard InChI is InChI=1S/C18H21NO2/c1-12-6-8-14(9-7-12)21-15-11-13-5-4-10-18(2,3)16(13)19-17(15)20/h6-9,11H,4-5,10H2,1-3H3,(H,19,20). The van der Waals surface area contributed by atoms with Gasteiger partial charge in [-0.1, -0.05) is 31.5 Å². The Bertz CT molecular complexity index is 711. The molecule has 110 valence electrons. The Kier molecular flexibility index (Phi) is 3.36. The maximum atomic E-state index is 12.3. The van der Waals surface area contributed by atoms with Crippen molar-refractivity contribution in [1.82, 2.24) is 4.98 Å². The molecule has 1 aliphatic rings. The van der Waals surface area contributed by atoms with Crippen molar-refractivity contribution in [3.8, 4) is 11.5 Å². The highest BCUT2D eigenvalue weighted by atomic mass is 16.5. The molecule has 0 amide bonds. The lowest BCUT2D eigenvalue weighted by Crippen LogP contribution is -2.29. The number of hydrogen-bond acceptors (Lipinski definition) is 2. The van der Waals surface area contributed by atoms with Crippen LogP contribution in [0, 0.1) is 6.92 Å². The Balaban J connectivity index is 1.97. The maximum Gasteiger partial charge on any atom is 0.291 e. The molecule has 0 atom stereocenters. The predicted octanol–water partition coefficient (Wildman–Crippen LogP) is 4.09. The van der Waals surface area contributed by atoms with Crippen molar-refractivity contribution in [3.05, 3.63) is 57.5 Å². The maximum absolute atomic E-state index is 12.3. The van der Waals surface area contributed by atoms with E-state index in [9.17, 15) is 4.79 Å². The molecule has 1 aliphatic carbocycles. The van der Waals surface area contributed by atoms with Crippen LogP contribution in [-0.4, -0.2) is 4.98 Å². The third kappa shape index (κ3) is 2.73. The summed E-state index contributed by atoms with van der Waals surface area (Å²) < 4.78 is 5.75. The highest BCUT2D eigenvalue weighted by molar-refractivity contribution is 5.38. The lowest BCUT2D eigenvalue weighted by Gasteiger charge is -2.31. The summed E-state index contributed by atoms with van der Waals surface area (Å²) in [5, 5.41) is 0. The number of ether oxygens (including phenoxy) is 1. The zero-order valence-electron chi connectivity index (χ0n) is 12.8. The number of benzene rings is 1. The molecule has 3 heteroatoms. The molecule has 3 nitrogen and oxygen atoms in total. The number of H-pyrrole nitrogens is 1. The van der Waals surface area contributed by atoms with Crippen LogP contribution < -0.4 is 10.3 Å². The molecule has 3 rings (SSSR count). The van der Waals surface area contributed by atoms with Gasteiger partial charge in [-0.2, -0.15) is 0 Å². The van der Waals surface area contributed by atoms with Gasteiger partial charge in [0.2, 0.25) is 0 Å². The zero-order chi connectivity index (χ0) is 15.0. The van der Waals surface area contributed by atoms with Gasteiger partial charge in [-0.3, -0.25) is 4.79 Å². The van der Waals surface area contributed by atoms with E-state index >= 15 is 0 Å². The van der Waals surface area contributed by atoms with E-state index in [4.69, 9.17) is 4.74 Å². The van der Waals surface area contributed by atoms with Gasteiger partial charge in [0.25, 0.3) is 5.56 Å². The number of fused-ring (bicyclic) bond motifs is 1. The number of nitrogens with one attached hydrogen (secondary N) is 1. The Hall–Kier alpha value is -2.03. The van der Waals surface area contributed by atoms with E-state index < -0.39 is 0 Å². The quantitative estimate of drug-likeness (QED) is 0.902. The van der Waals surface area contributed by atoms with Gasteiger partial charge in [-0.15, -0.1) is 0 Å². The van der Waals surface area contributed by atoms with E-state index in [0.29, 0.717) is 11.5 Å². The molecule has 0 aliphatic heterocycles. The van der Waals surface area contributed by atoms with Gasteiger partial charge in [0.1, 0.15) is 5.75 Å². The van der Waals surface area contributed by atoms with Gasteiger partial charge in [-0.25, -0.2) is 0 Å². The molecule has 0 bridgehead atoms. The highest BCUT2D eigenvalue weighted by Gasteiger charge is 2.29. The van der Waals surface area contributed by atoms with Gasteiger partial charge < -0.3 is 9.72 Å². The van der Waals surface area contributed by atoms with Gasteiger partial charge in [0.15, 0.2) is 5.75 Å². The molecule has 0 saturated heterocycles. The van der Waals surface area contributed by atoms with Gasteiger partial charge in [0.05, 0.1) is 0 Å². The van der Waals surface area contributed by atoms with E-state index in [1.165, 1.54) is 11.1 Å². The van der Waals surface area contributed by atoms with Crippen LogP contribution in [0.5, 0.6) is 11.5 Å². The second-order valence-corrected chi connectivity index (χ2v) is 6.52. The van der Waals surface area contributed by atoms with E-state index in [1.807, 2.05) is 37.3 Å². The first-order valence-electron chi connectivity index (χ1n) is 7.47. The van der Waals surface area contributed by atoms with Crippen LogP contribution in [0.1, 0.15) is 43.5 Å². The van der Waals surface area contributed by atoms with Crippen molar-refractivity contribution in [2.45, 2.75) is 45.4 Å². The second kappa shape index (κ2) is 5.06. The molecule has 2 aromatic rings. The summed E-state index contributed by atoms with van der Waals surface area (Å²) in [5.74, 6) is 1.08. The van der Waals surface area contributed by atoms with Gasteiger partial charge >= 0.3 is 0 Å². The van der Waals surface area contributed by atoms with Crippen molar-refractivity contribution < 1.29 is 4.74 Å². The topological polar surface area (TPSA) is 42.1 Å². The lowest BCUT2D eigenvalue weighted by atomic mass is 9.76. The van der Waals surface area contributed by atoms with Crippen LogP contribution in [0.15, 0.2) is 35.1 Å². The summed E-state index contributed by atoms with van der Waals surface area (Å²) in [6.07, 6.45) is 3.25. The number of aromatic amines is 1. The number of hydrogen-bond donors (Lipinski definition) is 1. The van der Waals surface area contributed by atoms with Crippen LogP contribution in [0.25, 0.3) is 0 Å². The van der Waals surface area contributed by atoms with Crippen LogP contribution >= 0.6 is 0 Å². The van der Waals surface area contributed by atoms with Crippen molar-refractivity contribution in [3.63, 3.8) is 0 Å². The number of aryl methyl sites for hydroxylation is 2. The molecule has 1 heterocycles. The third-order valence-electron chi connectivity index (χ3n) is 4.26. The predicted molar refractivity (Wildman–Crippen MR) is 84.3 cm³/mol.